The molecule has 0 spiro atoms. The Kier molecular flexibility index (Phi) is 5.48. The zero-order chi connectivity index (χ0) is 15.4. The van der Waals surface area contributed by atoms with E-state index < -0.39 is 0 Å². The average molecular weight is 354 g/mol. The van der Waals surface area contributed by atoms with Crippen molar-refractivity contribution in [2.75, 3.05) is 0 Å². The first-order valence-corrected chi connectivity index (χ1v) is 7.70. The first-order chi connectivity index (χ1) is 9.95. The van der Waals surface area contributed by atoms with E-state index in [-0.39, 0.29) is 23.7 Å². The second-order valence-corrected chi connectivity index (χ2v) is 6.20. The van der Waals surface area contributed by atoms with Crippen LogP contribution in [0.1, 0.15) is 31.0 Å². The van der Waals surface area contributed by atoms with Crippen LogP contribution in [0.3, 0.4) is 0 Å². The van der Waals surface area contributed by atoms with Crippen LogP contribution < -0.4 is 5.32 Å². The van der Waals surface area contributed by atoms with E-state index in [2.05, 4.69) is 21.2 Å². The van der Waals surface area contributed by atoms with Crippen LogP contribution in [0.15, 0.2) is 46.9 Å². The Morgan fingerprint density at radius 1 is 1.05 bits per heavy atom. The maximum absolute atomic E-state index is 13.8. The van der Waals surface area contributed by atoms with E-state index >= 15 is 0 Å². The van der Waals surface area contributed by atoms with E-state index in [9.17, 15) is 8.78 Å². The fourth-order valence-corrected chi connectivity index (χ4v) is 2.77. The number of halogens is 3. The van der Waals surface area contributed by atoms with Crippen molar-refractivity contribution >= 4 is 15.9 Å². The molecule has 2 rings (SSSR count). The summed E-state index contributed by atoms with van der Waals surface area (Å²) in [5.41, 5.74) is 1.69. The van der Waals surface area contributed by atoms with Crippen molar-refractivity contribution in [1.82, 2.24) is 5.32 Å². The van der Waals surface area contributed by atoms with Crippen molar-refractivity contribution in [1.29, 1.82) is 0 Å². The molecule has 0 amide bonds. The molecule has 0 saturated carbocycles. The largest absolute Gasteiger partial charge is 0.307 e. The lowest BCUT2D eigenvalue weighted by Gasteiger charge is -2.21. The van der Waals surface area contributed by atoms with Crippen molar-refractivity contribution in [3.05, 3.63) is 69.7 Å². The van der Waals surface area contributed by atoms with E-state index in [0.29, 0.717) is 5.56 Å². The van der Waals surface area contributed by atoms with Gasteiger partial charge in [-0.05, 0) is 56.2 Å². The van der Waals surface area contributed by atoms with Crippen molar-refractivity contribution in [2.45, 2.75) is 32.4 Å². The number of hydrogen-bond acceptors (Lipinski definition) is 1. The van der Waals surface area contributed by atoms with Crippen LogP contribution in [0.5, 0.6) is 0 Å². The summed E-state index contributed by atoms with van der Waals surface area (Å²) >= 11 is 3.36. The highest BCUT2D eigenvalue weighted by Gasteiger charge is 2.14. The highest BCUT2D eigenvalue weighted by atomic mass is 79.9. The van der Waals surface area contributed by atoms with Crippen LogP contribution in [-0.2, 0) is 6.42 Å². The Labute approximate surface area is 132 Å². The lowest BCUT2D eigenvalue weighted by atomic mass is 10.0. The number of benzene rings is 2. The second-order valence-electron chi connectivity index (χ2n) is 5.29. The molecule has 112 valence electrons. The first-order valence-electron chi connectivity index (χ1n) is 6.91. The third-order valence-corrected chi connectivity index (χ3v) is 3.91. The van der Waals surface area contributed by atoms with E-state index in [1.54, 1.807) is 24.3 Å². The molecule has 2 unspecified atom stereocenters. The molecule has 0 aliphatic rings. The number of hydrogen-bond donors (Lipinski definition) is 1. The van der Waals surface area contributed by atoms with Gasteiger partial charge in [0.15, 0.2) is 0 Å². The van der Waals surface area contributed by atoms with Gasteiger partial charge < -0.3 is 5.32 Å². The third-order valence-electron chi connectivity index (χ3n) is 3.41. The minimum Gasteiger partial charge on any atom is -0.307 e. The molecule has 1 nitrogen and oxygen atoms in total. The van der Waals surface area contributed by atoms with Crippen LogP contribution in [-0.4, -0.2) is 6.04 Å². The molecule has 0 fully saturated rings. The Bertz CT molecular complexity index is 598. The zero-order valence-corrected chi connectivity index (χ0v) is 13.6. The molecular formula is C17H18BrF2N. The number of rotatable bonds is 5. The molecule has 4 heteroatoms. The van der Waals surface area contributed by atoms with Crippen molar-refractivity contribution in [2.24, 2.45) is 0 Å². The van der Waals surface area contributed by atoms with E-state index in [0.717, 1.165) is 16.5 Å². The highest BCUT2D eigenvalue weighted by molar-refractivity contribution is 9.10. The van der Waals surface area contributed by atoms with Gasteiger partial charge in [-0.25, -0.2) is 8.78 Å². The van der Waals surface area contributed by atoms with Gasteiger partial charge in [0.05, 0.1) is 0 Å². The normalized spacial score (nSPS) is 14.0. The fourth-order valence-electron chi connectivity index (χ4n) is 2.40. The molecule has 0 saturated heterocycles. The van der Waals surface area contributed by atoms with E-state index in [4.69, 9.17) is 0 Å². The van der Waals surface area contributed by atoms with Crippen LogP contribution in [0.25, 0.3) is 0 Å². The summed E-state index contributed by atoms with van der Waals surface area (Å²) in [7, 11) is 0. The average Bonchev–Trinajstić information content (AvgIpc) is 2.44. The molecule has 1 N–H and O–H groups in total. The topological polar surface area (TPSA) is 12.0 Å². The van der Waals surface area contributed by atoms with Gasteiger partial charge in [0, 0.05) is 22.1 Å². The summed E-state index contributed by atoms with van der Waals surface area (Å²) < 4.78 is 27.6. The van der Waals surface area contributed by atoms with Gasteiger partial charge in [0.1, 0.15) is 11.6 Å². The maximum Gasteiger partial charge on any atom is 0.128 e. The summed E-state index contributed by atoms with van der Waals surface area (Å²) in [4.78, 5) is 0. The summed E-state index contributed by atoms with van der Waals surface area (Å²) in [6, 6.07) is 11.5. The SMILES string of the molecule is CC(Cc1ccc(F)cc1)NC(C)c1cc(Br)ccc1F. The van der Waals surface area contributed by atoms with Crippen LogP contribution >= 0.6 is 15.9 Å². The minimum atomic E-state index is -0.232. The van der Waals surface area contributed by atoms with Gasteiger partial charge in [-0.2, -0.15) is 0 Å². The predicted molar refractivity (Wildman–Crippen MR) is 85.2 cm³/mol. The number of nitrogens with one attached hydrogen (secondary N) is 1. The zero-order valence-electron chi connectivity index (χ0n) is 12.0. The summed E-state index contributed by atoms with van der Waals surface area (Å²) in [5, 5.41) is 3.37. The van der Waals surface area contributed by atoms with Crippen LogP contribution in [0, 0.1) is 11.6 Å². The summed E-state index contributed by atoms with van der Waals surface area (Å²) in [5.74, 6) is -0.448. The van der Waals surface area contributed by atoms with Gasteiger partial charge in [-0.15, -0.1) is 0 Å². The summed E-state index contributed by atoms with van der Waals surface area (Å²) in [6.45, 7) is 3.97. The molecule has 0 heterocycles. The third kappa shape index (κ3) is 4.61. The smallest absolute Gasteiger partial charge is 0.128 e. The standard InChI is InChI=1S/C17H18BrF2N/c1-11(9-13-3-6-15(19)7-4-13)21-12(2)16-10-14(18)5-8-17(16)20/h3-8,10-12,21H,9H2,1-2H3. The Hall–Kier alpha value is -1.26. The van der Waals surface area contributed by atoms with Gasteiger partial charge in [0.2, 0.25) is 0 Å². The first kappa shape index (κ1) is 16.1. The van der Waals surface area contributed by atoms with Gasteiger partial charge in [-0.3, -0.25) is 0 Å². The monoisotopic (exact) mass is 353 g/mol. The lowest BCUT2D eigenvalue weighted by molar-refractivity contribution is 0.460. The Morgan fingerprint density at radius 2 is 1.71 bits per heavy atom. The Morgan fingerprint density at radius 3 is 2.38 bits per heavy atom. The molecule has 0 bridgehead atoms. The van der Waals surface area contributed by atoms with Crippen molar-refractivity contribution in [3.63, 3.8) is 0 Å². The Balaban J connectivity index is 2.00. The molecular weight excluding hydrogens is 336 g/mol. The fraction of sp³-hybridized carbons (Fsp3) is 0.294. The van der Waals surface area contributed by atoms with E-state index in [1.807, 2.05) is 13.8 Å². The molecule has 0 aliphatic heterocycles. The second kappa shape index (κ2) is 7.14. The maximum atomic E-state index is 13.8. The highest BCUT2D eigenvalue weighted by Crippen LogP contribution is 2.22. The van der Waals surface area contributed by atoms with Crippen molar-refractivity contribution in [3.8, 4) is 0 Å². The molecule has 21 heavy (non-hydrogen) atoms. The summed E-state index contributed by atoms with van der Waals surface area (Å²) in [6.07, 6.45) is 0.764. The van der Waals surface area contributed by atoms with Crippen LogP contribution in [0.4, 0.5) is 8.78 Å². The molecule has 2 aromatic rings. The minimum absolute atomic E-state index is 0.0991. The molecule has 2 atom stereocenters. The van der Waals surface area contributed by atoms with Crippen molar-refractivity contribution < 1.29 is 8.78 Å². The van der Waals surface area contributed by atoms with Gasteiger partial charge in [-0.1, -0.05) is 28.1 Å². The van der Waals surface area contributed by atoms with Gasteiger partial charge in [0.25, 0.3) is 0 Å². The van der Waals surface area contributed by atoms with E-state index in [1.165, 1.54) is 18.2 Å². The lowest BCUT2D eigenvalue weighted by Crippen LogP contribution is -2.31. The molecule has 0 radical (unpaired) electrons. The molecule has 2 aromatic carbocycles. The molecule has 0 aliphatic carbocycles. The molecule has 0 aromatic heterocycles. The predicted octanol–water partition coefficient (Wildman–Crippen LogP) is 5.01. The van der Waals surface area contributed by atoms with Crippen LogP contribution in [0.2, 0.25) is 0 Å². The quantitative estimate of drug-likeness (QED) is 0.796. The van der Waals surface area contributed by atoms with Gasteiger partial charge >= 0.3 is 0 Å².